The molecule has 5 N–H and O–H groups in total. The van der Waals surface area contributed by atoms with E-state index in [0.717, 1.165) is 7.11 Å². The molecule has 0 radical (unpaired) electrons. The lowest BCUT2D eigenvalue weighted by Crippen LogP contribution is -2.68. The Morgan fingerprint density at radius 2 is 1.63 bits per heavy atom. The number of carboxylic acid groups (broad SMARTS) is 2. The van der Waals surface area contributed by atoms with Crippen LogP contribution in [-0.2, 0) is 14.3 Å². The highest BCUT2D eigenvalue weighted by atomic mass is 16.5. The Labute approximate surface area is 110 Å². The van der Waals surface area contributed by atoms with Gasteiger partial charge in [-0.15, -0.1) is 0 Å². The summed E-state index contributed by atoms with van der Waals surface area (Å²) in [5.41, 5.74) is -4.68. The predicted molar refractivity (Wildman–Crippen MR) is 62.6 cm³/mol. The summed E-state index contributed by atoms with van der Waals surface area (Å²) in [7, 11) is 1.03. The number of hydrogen-bond acceptors (Lipinski definition) is 6. The van der Waals surface area contributed by atoms with E-state index >= 15 is 0 Å². The molecule has 0 aliphatic heterocycles. The van der Waals surface area contributed by atoms with Crippen LogP contribution in [0.3, 0.4) is 0 Å². The van der Waals surface area contributed by atoms with E-state index in [4.69, 9.17) is 14.9 Å². The average Bonchev–Trinajstić information content (AvgIpc) is 2.38. The number of methoxy groups -OCH3 is 1. The van der Waals surface area contributed by atoms with Crippen LogP contribution in [0.1, 0.15) is 26.7 Å². The van der Waals surface area contributed by atoms with Gasteiger partial charge >= 0.3 is 11.9 Å². The molecule has 0 aromatic heterocycles. The molecule has 0 bridgehead atoms. The van der Waals surface area contributed by atoms with E-state index < -0.39 is 35.3 Å². The van der Waals surface area contributed by atoms with Crippen molar-refractivity contribution in [2.24, 2.45) is 0 Å². The standard InChI is InChI=1S/C11H20O8/c1-4-10(18,9(16)17)11(5-2,19-3)7(13)6(12)8(14)15/h6-7,12-13,18H,4-5H2,1-3H3,(H,14,15)(H,16,17)/t6-,7+,10-,11-/m0/s1. The van der Waals surface area contributed by atoms with Crippen LogP contribution in [0.4, 0.5) is 0 Å². The fourth-order valence-electron chi connectivity index (χ4n) is 2.20. The van der Waals surface area contributed by atoms with Crippen LogP contribution in [0, 0.1) is 0 Å². The van der Waals surface area contributed by atoms with Crippen molar-refractivity contribution < 1.29 is 39.9 Å². The number of ether oxygens (including phenoxy) is 1. The molecular weight excluding hydrogens is 260 g/mol. The van der Waals surface area contributed by atoms with Crippen LogP contribution >= 0.6 is 0 Å². The first kappa shape index (κ1) is 17.8. The van der Waals surface area contributed by atoms with Crippen molar-refractivity contribution in [3.8, 4) is 0 Å². The third-order valence-electron chi connectivity index (χ3n) is 3.48. The molecule has 0 spiro atoms. The second-order valence-electron chi connectivity index (χ2n) is 4.19. The molecular formula is C11H20O8. The molecule has 0 aromatic rings. The van der Waals surface area contributed by atoms with Crippen LogP contribution in [0.25, 0.3) is 0 Å². The van der Waals surface area contributed by atoms with E-state index in [9.17, 15) is 24.9 Å². The largest absolute Gasteiger partial charge is 0.479 e. The van der Waals surface area contributed by atoms with Gasteiger partial charge < -0.3 is 30.3 Å². The van der Waals surface area contributed by atoms with Crippen LogP contribution in [0.5, 0.6) is 0 Å². The first-order valence-corrected chi connectivity index (χ1v) is 5.74. The van der Waals surface area contributed by atoms with Crippen molar-refractivity contribution in [3.63, 3.8) is 0 Å². The summed E-state index contributed by atoms with van der Waals surface area (Å²) in [4.78, 5) is 22.0. The van der Waals surface area contributed by atoms with Gasteiger partial charge in [0.2, 0.25) is 0 Å². The van der Waals surface area contributed by atoms with Crippen LogP contribution in [0.15, 0.2) is 0 Å². The van der Waals surface area contributed by atoms with Crippen molar-refractivity contribution in [2.75, 3.05) is 7.11 Å². The highest BCUT2D eigenvalue weighted by molar-refractivity contribution is 5.80. The molecule has 19 heavy (non-hydrogen) atoms. The normalized spacial score (nSPS) is 20.9. The number of aliphatic carboxylic acids is 2. The van der Waals surface area contributed by atoms with Gasteiger partial charge in [-0.25, -0.2) is 9.59 Å². The van der Waals surface area contributed by atoms with E-state index in [1.807, 2.05) is 0 Å². The highest BCUT2D eigenvalue weighted by Crippen LogP contribution is 2.37. The summed E-state index contributed by atoms with van der Waals surface area (Å²) in [5, 5.41) is 47.4. The minimum absolute atomic E-state index is 0.217. The number of aliphatic hydroxyl groups excluding tert-OH is 2. The summed E-state index contributed by atoms with van der Waals surface area (Å²) in [6, 6.07) is 0. The molecule has 0 rings (SSSR count). The van der Waals surface area contributed by atoms with Crippen LogP contribution in [0.2, 0.25) is 0 Å². The number of aliphatic hydroxyl groups is 3. The van der Waals surface area contributed by atoms with Crippen molar-refractivity contribution in [2.45, 2.75) is 50.1 Å². The monoisotopic (exact) mass is 280 g/mol. The Morgan fingerprint density at radius 1 is 1.16 bits per heavy atom. The SMILES string of the molecule is CC[C@](OC)([C@H](O)[C@H](O)C(=O)O)[C@](O)(CC)C(=O)O. The van der Waals surface area contributed by atoms with Gasteiger partial charge in [-0.05, 0) is 12.8 Å². The first-order chi connectivity index (χ1) is 8.64. The second kappa shape index (κ2) is 6.29. The van der Waals surface area contributed by atoms with Gasteiger partial charge in [0.1, 0.15) is 11.7 Å². The van der Waals surface area contributed by atoms with Crippen LogP contribution in [-0.4, -0.2) is 68.0 Å². The fraction of sp³-hybridized carbons (Fsp3) is 0.818. The summed E-state index contributed by atoms with van der Waals surface area (Å²) in [6.07, 6.45) is -4.95. The molecule has 8 heteroatoms. The summed E-state index contributed by atoms with van der Waals surface area (Å²) in [6.45, 7) is 2.75. The van der Waals surface area contributed by atoms with Gasteiger partial charge in [0.05, 0.1) is 0 Å². The number of carbonyl (C=O) groups is 2. The van der Waals surface area contributed by atoms with E-state index in [1.54, 1.807) is 0 Å². The zero-order chi connectivity index (χ0) is 15.4. The molecule has 0 aliphatic carbocycles. The maximum Gasteiger partial charge on any atom is 0.338 e. The maximum atomic E-state index is 11.2. The van der Waals surface area contributed by atoms with Crippen molar-refractivity contribution in [3.05, 3.63) is 0 Å². The Morgan fingerprint density at radius 3 is 1.84 bits per heavy atom. The Hall–Kier alpha value is -1.22. The lowest BCUT2D eigenvalue weighted by Gasteiger charge is -2.46. The zero-order valence-corrected chi connectivity index (χ0v) is 11.0. The quantitative estimate of drug-likeness (QED) is 0.373. The number of rotatable bonds is 8. The Bertz CT molecular complexity index is 338. The molecule has 0 amide bonds. The van der Waals surface area contributed by atoms with Gasteiger partial charge in [0, 0.05) is 7.11 Å². The first-order valence-electron chi connectivity index (χ1n) is 5.74. The molecule has 0 saturated heterocycles. The molecule has 0 unspecified atom stereocenters. The van der Waals surface area contributed by atoms with E-state index in [1.165, 1.54) is 13.8 Å². The Kier molecular flexibility index (Phi) is 5.88. The summed E-state index contributed by atoms with van der Waals surface area (Å²) < 4.78 is 4.93. The summed E-state index contributed by atoms with van der Waals surface area (Å²) >= 11 is 0. The summed E-state index contributed by atoms with van der Waals surface area (Å²) in [5.74, 6) is -3.42. The molecule has 4 atom stereocenters. The van der Waals surface area contributed by atoms with Gasteiger partial charge in [0.15, 0.2) is 11.7 Å². The van der Waals surface area contributed by atoms with Crippen LogP contribution < -0.4 is 0 Å². The van der Waals surface area contributed by atoms with Gasteiger partial charge in [0.25, 0.3) is 0 Å². The topological polar surface area (TPSA) is 145 Å². The fourth-order valence-corrected chi connectivity index (χ4v) is 2.20. The lowest BCUT2D eigenvalue weighted by atomic mass is 9.73. The third kappa shape index (κ3) is 2.71. The number of hydrogen-bond donors (Lipinski definition) is 5. The minimum Gasteiger partial charge on any atom is -0.479 e. The minimum atomic E-state index is -2.54. The molecule has 0 heterocycles. The lowest BCUT2D eigenvalue weighted by molar-refractivity contribution is -0.244. The van der Waals surface area contributed by atoms with E-state index in [0.29, 0.717) is 0 Å². The van der Waals surface area contributed by atoms with Gasteiger partial charge in [-0.3, -0.25) is 0 Å². The zero-order valence-electron chi connectivity index (χ0n) is 11.0. The van der Waals surface area contributed by atoms with Crippen molar-refractivity contribution in [1.29, 1.82) is 0 Å². The van der Waals surface area contributed by atoms with Gasteiger partial charge in [-0.1, -0.05) is 13.8 Å². The maximum absolute atomic E-state index is 11.2. The average molecular weight is 280 g/mol. The smallest absolute Gasteiger partial charge is 0.338 e. The van der Waals surface area contributed by atoms with E-state index in [-0.39, 0.29) is 12.8 Å². The molecule has 0 aromatic carbocycles. The molecule has 0 aliphatic rings. The molecule has 0 saturated carbocycles. The van der Waals surface area contributed by atoms with E-state index in [2.05, 4.69) is 0 Å². The molecule has 0 fully saturated rings. The molecule has 8 nitrogen and oxygen atoms in total. The van der Waals surface area contributed by atoms with Gasteiger partial charge in [-0.2, -0.15) is 0 Å². The second-order valence-corrected chi connectivity index (χ2v) is 4.19. The third-order valence-corrected chi connectivity index (χ3v) is 3.48. The van der Waals surface area contributed by atoms with Crippen molar-refractivity contribution >= 4 is 11.9 Å². The predicted octanol–water partition coefficient (Wildman–Crippen LogP) is -1.19. The molecule has 112 valence electrons. The Balaban J connectivity index is 5.84. The number of carboxylic acids is 2. The highest BCUT2D eigenvalue weighted by Gasteiger charge is 2.61. The van der Waals surface area contributed by atoms with Crippen molar-refractivity contribution in [1.82, 2.24) is 0 Å².